The summed E-state index contributed by atoms with van der Waals surface area (Å²) >= 11 is 0. The van der Waals surface area contributed by atoms with Crippen LogP contribution >= 0.6 is 0 Å². The molecule has 0 aromatic heterocycles. The molecule has 114 valence electrons. The van der Waals surface area contributed by atoms with Gasteiger partial charge in [-0.2, -0.15) is 0 Å². The number of rotatable bonds is 5. The van der Waals surface area contributed by atoms with Crippen LogP contribution in [0.25, 0.3) is 0 Å². The van der Waals surface area contributed by atoms with Crippen LogP contribution < -0.4 is 0 Å². The summed E-state index contributed by atoms with van der Waals surface area (Å²) in [6.07, 6.45) is 2.50. The molecule has 0 aromatic rings. The third-order valence-corrected chi connectivity index (χ3v) is 2.48. The number of hydrogen-bond donors (Lipinski definition) is 3. The van der Waals surface area contributed by atoms with E-state index in [1.54, 1.807) is 0 Å². The van der Waals surface area contributed by atoms with Crippen molar-refractivity contribution < 1.29 is 39.2 Å². The Morgan fingerprint density at radius 3 is 2.00 bits per heavy atom. The molecule has 1 aliphatic heterocycles. The van der Waals surface area contributed by atoms with Gasteiger partial charge in [0.25, 0.3) is 0 Å². The minimum Gasteiger partial charge on any atom is -0.481 e. The molecule has 1 aliphatic rings. The number of carbonyl (C=O) groups is 4. The van der Waals surface area contributed by atoms with Crippen LogP contribution in [0.4, 0.5) is 0 Å². The zero-order valence-corrected chi connectivity index (χ0v) is 10.9. The third kappa shape index (κ3) is 9.86. The number of aliphatic carboxylic acids is 3. The standard InChI is InChI=1S/C6H8O6.C6H10O2/c7-4(8)1-3(6(11)12)2-5(9)10;7-6-4-2-1-3-5-8-6/h3H,1-2H2,(H,7,8)(H,9,10)(H,11,12);1-5H2. The van der Waals surface area contributed by atoms with Crippen molar-refractivity contribution >= 4 is 23.9 Å². The minimum atomic E-state index is -1.40. The van der Waals surface area contributed by atoms with Gasteiger partial charge in [0, 0.05) is 6.42 Å². The van der Waals surface area contributed by atoms with Gasteiger partial charge in [-0.05, 0) is 19.3 Å². The molecule has 0 spiro atoms. The van der Waals surface area contributed by atoms with Crippen LogP contribution in [0.2, 0.25) is 0 Å². The van der Waals surface area contributed by atoms with Gasteiger partial charge in [-0.1, -0.05) is 0 Å². The Bertz CT molecular complexity index is 336. The molecule has 0 aliphatic carbocycles. The van der Waals surface area contributed by atoms with E-state index in [4.69, 9.17) is 20.1 Å². The van der Waals surface area contributed by atoms with Crippen LogP contribution in [0.15, 0.2) is 0 Å². The number of carbonyl (C=O) groups excluding carboxylic acids is 1. The predicted molar refractivity (Wildman–Crippen MR) is 65.1 cm³/mol. The molecule has 1 saturated heterocycles. The maximum Gasteiger partial charge on any atom is 0.307 e. The van der Waals surface area contributed by atoms with E-state index in [-0.39, 0.29) is 5.97 Å². The maximum absolute atomic E-state index is 10.5. The zero-order valence-electron chi connectivity index (χ0n) is 10.9. The number of ether oxygens (including phenoxy) is 1. The van der Waals surface area contributed by atoms with Gasteiger partial charge < -0.3 is 20.1 Å². The number of hydrogen-bond acceptors (Lipinski definition) is 5. The van der Waals surface area contributed by atoms with Gasteiger partial charge in [-0.15, -0.1) is 0 Å². The Kier molecular flexibility index (Phi) is 8.73. The monoisotopic (exact) mass is 290 g/mol. The number of esters is 1. The first kappa shape index (κ1) is 17.9. The molecule has 20 heavy (non-hydrogen) atoms. The van der Waals surface area contributed by atoms with Gasteiger partial charge in [-0.25, -0.2) is 0 Å². The minimum absolute atomic E-state index is 0.0255. The quantitative estimate of drug-likeness (QED) is 0.630. The normalized spacial score (nSPS) is 14.6. The van der Waals surface area contributed by atoms with Crippen LogP contribution in [0.3, 0.4) is 0 Å². The van der Waals surface area contributed by atoms with E-state index >= 15 is 0 Å². The Morgan fingerprint density at radius 1 is 1.00 bits per heavy atom. The van der Waals surface area contributed by atoms with Crippen LogP contribution in [0, 0.1) is 5.92 Å². The molecule has 0 atom stereocenters. The summed E-state index contributed by atoms with van der Waals surface area (Å²) in [6, 6.07) is 0. The highest BCUT2D eigenvalue weighted by Gasteiger charge is 2.23. The van der Waals surface area contributed by atoms with Gasteiger partial charge in [0.2, 0.25) is 0 Å². The van der Waals surface area contributed by atoms with E-state index in [2.05, 4.69) is 0 Å². The fourth-order valence-electron chi connectivity index (χ4n) is 1.47. The molecule has 3 N–H and O–H groups in total. The second kappa shape index (κ2) is 9.76. The van der Waals surface area contributed by atoms with Crippen LogP contribution in [0.1, 0.15) is 38.5 Å². The summed E-state index contributed by atoms with van der Waals surface area (Å²) in [5.74, 6) is -5.41. The first-order valence-electron chi connectivity index (χ1n) is 6.15. The van der Waals surface area contributed by atoms with Crippen molar-refractivity contribution in [3.8, 4) is 0 Å². The molecule has 1 fully saturated rings. The number of carboxylic acids is 3. The highest BCUT2D eigenvalue weighted by Crippen LogP contribution is 2.08. The fourth-order valence-corrected chi connectivity index (χ4v) is 1.47. The number of carboxylic acid groups (broad SMARTS) is 3. The van der Waals surface area contributed by atoms with E-state index in [1.165, 1.54) is 0 Å². The summed E-state index contributed by atoms with van der Waals surface area (Å²) < 4.78 is 4.76. The highest BCUT2D eigenvalue weighted by atomic mass is 16.5. The van der Waals surface area contributed by atoms with Gasteiger partial charge in [0.05, 0.1) is 25.4 Å². The average Bonchev–Trinajstić information content (AvgIpc) is 2.55. The summed E-state index contributed by atoms with van der Waals surface area (Å²) in [7, 11) is 0. The average molecular weight is 290 g/mol. The van der Waals surface area contributed by atoms with Crippen molar-refractivity contribution in [1.29, 1.82) is 0 Å². The molecule has 0 bridgehead atoms. The predicted octanol–water partition coefficient (Wildman–Crippen LogP) is 0.740. The summed E-state index contributed by atoms with van der Waals surface area (Å²) in [6.45, 7) is 0.638. The zero-order chi connectivity index (χ0) is 15.5. The highest BCUT2D eigenvalue weighted by molar-refractivity contribution is 5.82. The summed E-state index contributed by atoms with van der Waals surface area (Å²) in [5.41, 5.74) is 0. The van der Waals surface area contributed by atoms with Gasteiger partial charge in [-0.3, -0.25) is 19.2 Å². The van der Waals surface area contributed by atoms with Crippen molar-refractivity contribution in [2.45, 2.75) is 38.5 Å². The van der Waals surface area contributed by atoms with Gasteiger partial charge >= 0.3 is 23.9 Å². The first-order chi connectivity index (χ1) is 9.32. The van der Waals surface area contributed by atoms with Crippen molar-refractivity contribution in [2.24, 2.45) is 5.92 Å². The topological polar surface area (TPSA) is 138 Å². The largest absolute Gasteiger partial charge is 0.481 e. The molecule has 0 aromatic carbocycles. The van der Waals surface area contributed by atoms with E-state index in [0.717, 1.165) is 19.3 Å². The van der Waals surface area contributed by atoms with Crippen LogP contribution in [0.5, 0.6) is 0 Å². The molecule has 8 heteroatoms. The summed E-state index contributed by atoms with van der Waals surface area (Å²) in [4.78, 5) is 40.8. The molecule has 0 radical (unpaired) electrons. The lowest BCUT2D eigenvalue weighted by Gasteiger charge is -2.04. The Morgan fingerprint density at radius 2 is 1.55 bits per heavy atom. The molecule has 0 saturated carbocycles. The van der Waals surface area contributed by atoms with E-state index < -0.39 is 36.7 Å². The lowest BCUT2D eigenvalue weighted by molar-refractivity contribution is -0.152. The SMILES string of the molecule is O=C(O)CC(CC(=O)O)C(=O)O.O=C1CCCCCO1. The molecule has 1 rings (SSSR count). The molecule has 0 unspecified atom stereocenters. The molecular formula is C12H18O8. The maximum atomic E-state index is 10.5. The lowest BCUT2D eigenvalue weighted by atomic mass is 10.0. The second-order valence-electron chi connectivity index (χ2n) is 4.26. The molecular weight excluding hydrogens is 272 g/mol. The molecule has 1 heterocycles. The van der Waals surface area contributed by atoms with Crippen molar-refractivity contribution in [3.05, 3.63) is 0 Å². The Balaban J connectivity index is 0.000000388. The van der Waals surface area contributed by atoms with Crippen molar-refractivity contribution in [3.63, 3.8) is 0 Å². The Labute approximate surface area is 115 Å². The third-order valence-electron chi connectivity index (χ3n) is 2.48. The lowest BCUT2D eigenvalue weighted by Crippen LogP contribution is -2.20. The summed E-state index contributed by atoms with van der Waals surface area (Å²) in [5, 5.41) is 24.7. The second-order valence-corrected chi connectivity index (χ2v) is 4.26. The van der Waals surface area contributed by atoms with Crippen molar-refractivity contribution in [1.82, 2.24) is 0 Å². The first-order valence-corrected chi connectivity index (χ1v) is 6.15. The van der Waals surface area contributed by atoms with Crippen molar-refractivity contribution in [2.75, 3.05) is 6.61 Å². The van der Waals surface area contributed by atoms with E-state index in [0.29, 0.717) is 13.0 Å². The molecule has 8 nitrogen and oxygen atoms in total. The van der Waals surface area contributed by atoms with Gasteiger partial charge in [0.15, 0.2) is 0 Å². The smallest absolute Gasteiger partial charge is 0.307 e. The van der Waals surface area contributed by atoms with Gasteiger partial charge in [0.1, 0.15) is 0 Å². The van der Waals surface area contributed by atoms with Crippen LogP contribution in [-0.2, 0) is 23.9 Å². The number of cyclic esters (lactones) is 1. The fraction of sp³-hybridized carbons (Fsp3) is 0.667. The Hall–Kier alpha value is -2.12. The molecule has 0 amide bonds. The van der Waals surface area contributed by atoms with E-state index in [9.17, 15) is 19.2 Å². The van der Waals surface area contributed by atoms with E-state index in [1.807, 2.05) is 0 Å². The van der Waals surface area contributed by atoms with Crippen LogP contribution in [-0.4, -0.2) is 45.8 Å².